The van der Waals surface area contributed by atoms with Crippen molar-refractivity contribution in [3.8, 4) is 11.1 Å². The minimum absolute atomic E-state index is 0.0157. The summed E-state index contributed by atoms with van der Waals surface area (Å²) in [4.78, 5) is 25.4. The quantitative estimate of drug-likeness (QED) is 0.105. The predicted octanol–water partition coefficient (Wildman–Crippen LogP) is 5.54. The normalized spacial score (nSPS) is 19.1. The van der Waals surface area contributed by atoms with Crippen LogP contribution in [0.5, 0.6) is 0 Å². The van der Waals surface area contributed by atoms with Gasteiger partial charge in [-0.05, 0) is 43.8 Å². The van der Waals surface area contributed by atoms with Gasteiger partial charge in [0.15, 0.2) is 6.29 Å². The summed E-state index contributed by atoms with van der Waals surface area (Å²) in [5.41, 5.74) is 6.44. The van der Waals surface area contributed by atoms with Gasteiger partial charge in [0.1, 0.15) is 6.04 Å². The van der Waals surface area contributed by atoms with E-state index >= 15 is 0 Å². The zero-order valence-corrected chi connectivity index (χ0v) is 30.0. The highest BCUT2D eigenvalue weighted by molar-refractivity contribution is 7.99. The Balaban J connectivity index is 1.15. The molecule has 1 aliphatic rings. The molecule has 0 unspecified atom stereocenters. The van der Waals surface area contributed by atoms with Crippen molar-refractivity contribution < 1.29 is 28.9 Å². The summed E-state index contributed by atoms with van der Waals surface area (Å²) in [6, 6.07) is 31.9. The number of aliphatic hydroxyl groups is 1. The molecule has 5 atom stereocenters. The number of benzene rings is 4. The fraction of sp³-hybridized carbons (Fsp3) is 0.308. The molecule has 0 bridgehead atoms. The third-order valence-corrected chi connectivity index (χ3v) is 10.2. The molecule has 3 N–H and O–H groups in total. The number of aromatic nitrogens is 4. The smallest absolute Gasteiger partial charge is 0.328 e. The number of nitrogens with one attached hydrogen (secondary N) is 2. The number of carbonyl (C=O) groups excluding carboxylic acids is 2. The van der Waals surface area contributed by atoms with E-state index in [0.717, 1.165) is 38.9 Å². The molecule has 270 valence electrons. The summed E-state index contributed by atoms with van der Waals surface area (Å²) in [6.45, 7) is 2.34. The van der Waals surface area contributed by atoms with Gasteiger partial charge in [-0.25, -0.2) is 14.3 Å². The highest BCUT2D eigenvalue weighted by Crippen LogP contribution is 2.43. The molecule has 2 heterocycles. The number of aryl methyl sites for hydroxylation is 1. The second-order valence-corrected chi connectivity index (χ2v) is 13.6. The van der Waals surface area contributed by atoms with E-state index in [1.54, 1.807) is 4.68 Å². The average Bonchev–Trinajstić information content (AvgIpc) is 3.60. The molecule has 13 heteroatoms. The van der Waals surface area contributed by atoms with Gasteiger partial charge in [0.05, 0.1) is 25.9 Å². The van der Waals surface area contributed by atoms with E-state index in [1.807, 2.05) is 110 Å². The van der Waals surface area contributed by atoms with Gasteiger partial charge in [-0.1, -0.05) is 122 Å². The van der Waals surface area contributed by atoms with Gasteiger partial charge in [0.25, 0.3) is 0 Å². The molecular formula is C39H42N6O6S. The first-order chi connectivity index (χ1) is 25.3. The third-order valence-electron chi connectivity index (χ3n) is 9.11. The van der Waals surface area contributed by atoms with Gasteiger partial charge in [0.2, 0.25) is 5.16 Å². The van der Waals surface area contributed by atoms with Crippen LogP contribution in [0, 0.1) is 5.92 Å². The number of nitrogens with zero attached hydrogens (tertiary/aromatic N) is 4. The van der Waals surface area contributed by atoms with Gasteiger partial charge in [0, 0.05) is 37.2 Å². The maximum absolute atomic E-state index is 13.0. The number of esters is 1. The first kappa shape index (κ1) is 36.7. The van der Waals surface area contributed by atoms with Crippen LogP contribution in [0.1, 0.15) is 47.1 Å². The van der Waals surface area contributed by atoms with E-state index in [1.165, 1.54) is 18.9 Å². The Kier molecular flexibility index (Phi) is 12.3. The topological polar surface area (TPSA) is 150 Å². The van der Waals surface area contributed by atoms with Crippen LogP contribution in [0.15, 0.2) is 108 Å². The van der Waals surface area contributed by atoms with Crippen LogP contribution in [0.2, 0.25) is 0 Å². The number of amides is 2. The number of tetrazole rings is 1. The van der Waals surface area contributed by atoms with Crippen LogP contribution in [-0.4, -0.2) is 62.3 Å². The number of carbonyl (C=O) groups is 2. The maximum Gasteiger partial charge on any atom is 0.328 e. The van der Waals surface area contributed by atoms with Crippen molar-refractivity contribution in [2.24, 2.45) is 13.0 Å². The van der Waals surface area contributed by atoms with Gasteiger partial charge in [-0.3, -0.25) is 0 Å². The fourth-order valence-electron chi connectivity index (χ4n) is 6.16. The Bertz CT molecular complexity index is 1920. The van der Waals surface area contributed by atoms with Crippen LogP contribution in [0.3, 0.4) is 0 Å². The summed E-state index contributed by atoms with van der Waals surface area (Å²) in [5.74, 6) is 0.125. The molecule has 6 rings (SSSR count). The van der Waals surface area contributed by atoms with E-state index in [0.29, 0.717) is 17.3 Å². The van der Waals surface area contributed by atoms with Crippen molar-refractivity contribution in [1.82, 2.24) is 30.8 Å². The van der Waals surface area contributed by atoms with E-state index in [-0.39, 0.29) is 31.3 Å². The Morgan fingerprint density at radius 3 is 2.33 bits per heavy atom. The average molecular weight is 723 g/mol. The van der Waals surface area contributed by atoms with E-state index < -0.39 is 24.3 Å². The van der Waals surface area contributed by atoms with E-state index in [4.69, 9.17) is 14.2 Å². The Morgan fingerprint density at radius 2 is 1.63 bits per heavy atom. The summed E-state index contributed by atoms with van der Waals surface area (Å²) >= 11 is 1.53. The number of aliphatic hydroxyl groups excluding tert-OH is 1. The van der Waals surface area contributed by atoms with Crippen LogP contribution in [-0.2, 0) is 45.6 Å². The Morgan fingerprint density at radius 1 is 0.923 bits per heavy atom. The lowest BCUT2D eigenvalue weighted by Crippen LogP contribution is -2.47. The summed E-state index contributed by atoms with van der Waals surface area (Å²) in [6.07, 6.45) is -0.742. The number of methoxy groups -OCH3 is 1. The lowest BCUT2D eigenvalue weighted by molar-refractivity contribution is -0.268. The lowest BCUT2D eigenvalue weighted by Gasteiger charge is -2.41. The van der Waals surface area contributed by atoms with Crippen molar-refractivity contribution in [1.29, 1.82) is 0 Å². The molecule has 1 fully saturated rings. The Labute approximate surface area is 306 Å². The molecule has 12 nitrogen and oxygen atoms in total. The highest BCUT2D eigenvalue weighted by atomic mass is 32.2. The number of thioether (sulfide) groups is 1. The summed E-state index contributed by atoms with van der Waals surface area (Å²) in [7, 11) is 3.12. The SMILES string of the molecule is COC(=O)[C@H](Cc1ccccc1)NC(=O)NCc1ccccc1-c1ccc([C@H]2O[C@@H](CSc3nnnn3C)[C@@H](C)[C@@H](c3ccc(CO)cc3)O2)cc1. The first-order valence-electron chi connectivity index (χ1n) is 17.0. The maximum atomic E-state index is 13.0. The second-order valence-electron chi connectivity index (χ2n) is 12.6. The van der Waals surface area contributed by atoms with Crippen LogP contribution in [0.4, 0.5) is 4.79 Å². The molecule has 1 aliphatic heterocycles. The summed E-state index contributed by atoms with van der Waals surface area (Å²) < 4.78 is 19.8. The number of hydrogen-bond donors (Lipinski definition) is 3. The number of hydrogen-bond acceptors (Lipinski definition) is 10. The zero-order chi connectivity index (χ0) is 36.5. The van der Waals surface area contributed by atoms with Gasteiger partial charge in [-0.2, -0.15) is 0 Å². The van der Waals surface area contributed by atoms with Crippen LogP contribution >= 0.6 is 11.8 Å². The van der Waals surface area contributed by atoms with Crippen molar-refractivity contribution in [3.63, 3.8) is 0 Å². The molecule has 2 amide bonds. The van der Waals surface area contributed by atoms with Crippen LogP contribution < -0.4 is 10.6 Å². The molecule has 5 aromatic rings. The predicted molar refractivity (Wildman–Crippen MR) is 196 cm³/mol. The lowest BCUT2D eigenvalue weighted by atomic mass is 9.91. The van der Waals surface area contributed by atoms with Gasteiger partial charge >= 0.3 is 12.0 Å². The largest absolute Gasteiger partial charge is 0.467 e. The standard InChI is InChI=1S/C39H42N6O6S/c1-25-34(24-52-39-42-43-44-45(39)2)50-37(51-35(25)29-15-13-27(23-46)14-16-29)30-19-17-28(18-20-30)32-12-8-7-11-31(32)22-40-38(48)41-33(36(47)49-3)21-26-9-5-4-6-10-26/h4-20,25,33-35,37,46H,21-24H2,1-3H3,(H2,40,41,48)/t25-,33+,34+,35+,37+/m1/s1. The highest BCUT2D eigenvalue weighted by Gasteiger charge is 2.38. The monoisotopic (exact) mass is 722 g/mol. The van der Waals surface area contributed by atoms with Crippen molar-refractivity contribution in [3.05, 3.63) is 131 Å². The zero-order valence-electron chi connectivity index (χ0n) is 29.2. The molecule has 0 saturated carbocycles. The molecule has 1 aromatic heterocycles. The van der Waals surface area contributed by atoms with Crippen molar-refractivity contribution in [2.45, 2.75) is 56.2 Å². The van der Waals surface area contributed by atoms with Gasteiger partial charge < -0.3 is 30.0 Å². The van der Waals surface area contributed by atoms with E-state index in [2.05, 4.69) is 33.1 Å². The minimum Gasteiger partial charge on any atom is -0.467 e. The van der Waals surface area contributed by atoms with Gasteiger partial charge in [-0.15, -0.1) is 5.10 Å². The molecular weight excluding hydrogens is 681 g/mol. The van der Waals surface area contributed by atoms with Crippen LogP contribution in [0.25, 0.3) is 11.1 Å². The molecule has 0 radical (unpaired) electrons. The minimum atomic E-state index is -0.830. The second kappa shape index (κ2) is 17.4. The first-order valence-corrected chi connectivity index (χ1v) is 18.0. The third kappa shape index (κ3) is 9.04. The molecule has 0 aliphatic carbocycles. The number of rotatable bonds is 13. The molecule has 1 saturated heterocycles. The molecule has 52 heavy (non-hydrogen) atoms. The Hall–Kier alpha value is -5.08. The van der Waals surface area contributed by atoms with Crippen molar-refractivity contribution >= 4 is 23.8 Å². The number of ether oxygens (including phenoxy) is 3. The number of urea groups is 1. The van der Waals surface area contributed by atoms with E-state index in [9.17, 15) is 14.7 Å². The molecule has 4 aromatic carbocycles. The van der Waals surface area contributed by atoms with Crippen molar-refractivity contribution in [2.75, 3.05) is 12.9 Å². The molecule has 0 spiro atoms. The summed E-state index contributed by atoms with van der Waals surface area (Å²) in [5, 5.41) is 27.8. The fourth-order valence-corrected chi connectivity index (χ4v) is 7.17.